The monoisotopic (exact) mass is 1100 g/mol. The number of carboxylic acid groups (broad SMARTS) is 1. The van der Waals surface area contributed by atoms with Crippen molar-refractivity contribution in [2.24, 2.45) is 5.92 Å². The maximum atomic E-state index is 12.7. The lowest BCUT2D eigenvalue weighted by atomic mass is 10.1. The van der Waals surface area contributed by atoms with Crippen molar-refractivity contribution < 1.29 is 67.1 Å². The Morgan fingerprint density at radius 1 is 0.506 bits per heavy atom. The van der Waals surface area contributed by atoms with Gasteiger partial charge in [-0.05, 0) is 65.7 Å². The summed E-state index contributed by atoms with van der Waals surface area (Å²) in [6, 6.07) is -0.276. The van der Waals surface area contributed by atoms with Gasteiger partial charge in [-0.2, -0.15) is 0 Å². The zero-order chi connectivity index (χ0) is 59.0. The number of rotatable bonds is 39. The average Bonchev–Trinajstić information content (AvgIpc) is 3.87. The molecular weight excluding hydrogens is 985 g/mol. The van der Waals surface area contributed by atoms with Gasteiger partial charge in [0.25, 0.3) is 0 Å². The van der Waals surface area contributed by atoms with Gasteiger partial charge in [-0.1, -0.05) is 197 Å². The zero-order valence-electron chi connectivity index (χ0n) is 51.7. The van der Waals surface area contributed by atoms with Crippen molar-refractivity contribution in [3.8, 4) is 0 Å². The van der Waals surface area contributed by atoms with Crippen molar-refractivity contribution in [3.63, 3.8) is 0 Å². The Bertz CT molecular complexity index is 1390. The van der Waals surface area contributed by atoms with Crippen molar-refractivity contribution in [2.75, 3.05) is 59.2 Å². The number of carbonyl (C=O) groups excluding carboxylic acids is 6. The molecule has 0 aromatic heterocycles. The van der Waals surface area contributed by atoms with E-state index in [0.717, 1.165) is 57.8 Å². The molecule has 1 saturated heterocycles. The molecular formula is C61H118N2O14. The highest BCUT2D eigenvalue weighted by atomic mass is 16.6. The minimum atomic E-state index is -0.745. The number of unbranched alkanes of at least 4 members (excludes halogenated alkanes) is 19. The first-order valence-corrected chi connectivity index (χ1v) is 30.5. The Morgan fingerprint density at radius 2 is 0.870 bits per heavy atom. The van der Waals surface area contributed by atoms with Crippen LogP contribution in [0.4, 0.5) is 4.79 Å². The molecule has 2 unspecified atom stereocenters. The van der Waals surface area contributed by atoms with Gasteiger partial charge in [0.2, 0.25) is 0 Å². The van der Waals surface area contributed by atoms with Gasteiger partial charge in [0.15, 0.2) is 0 Å². The van der Waals surface area contributed by atoms with Gasteiger partial charge >= 0.3 is 41.9 Å². The third-order valence-electron chi connectivity index (χ3n) is 12.1. The fourth-order valence-electron chi connectivity index (χ4n) is 7.24. The second kappa shape index (κ2) is 58.2. The van der Waals surface area contributed by atoms with Gasteiger partial charge in [-0.25, -0.2) is 4.79 Å². The number of carbonyl (C=O) groups is 7. The Hall–Kier alpha value is -3.95. The summed E-state index contributed by atoms with van der Waals surface area (Å²) in [7, 11) is 0. The highest BCUT2D eigenvalue weighted by molar-refractivity contribution is 5.78. The van der Waals surface area contributed by atoms with E-state index in [-0.39, 0.29) is 50.6 Å². The molecule has 16 heteroatoms. The Balaban J connectivity index is -0.000000611. The van der Waals surface area contributed by atoms with Gasteiger partial charge in [-0.3, -0.25) is 33.7 Å². The molecule has 1 N–H and O–H groups in total. The molecule has 1 amide bonds. The number of ether oxygens (including phenoxy) is 6. The molecule has 1 fully saturated rings. The lowest BCUT2D eigenvalue weighted by Crippen LogP contribution is -2.43. The maximum absolute atomic E-state index is 12.7. The molecule has 16 nitrogen and oxygen atoms in total. The van der Waals surface area contributed by atoms with Crippen LogP contribution in [0.5, 0.6) is 0 Å². The summed E-state index contributed by atoms with van der Waals surface area (Å²) in [5.74, 6) is -2.01. The van der Waals surface area contributed by atoms with Crippen LogP contribution >= 0.6 is 0 Å². The van der Waals surface area contributed by atoms with E-state index in [0.29, 0.717) is 58.2 Å². The van der Waals surface area contributed by atoms with E-state index in [1.165, 1.54) is 108 Å². The molecule has 0 aliphatic carbocycles. The van der Waals surface area contributed by atoms with E-state index in [2.05, 4.69) is 53.2 Å². The van der Waals surface area contributed by atoms with E-state index in [1.807, 2.05) is 20.8 Å². The summed E-state index contributed by atoms with van der Waals surface area (Å²) in [5, 5.41) is 7.72. The molecule has 0 radical (unpaired) electrons. The molecule has 2 atom stereocenters. The normalized spacial score (nSPS) is 12.9. The van der Waals surface area contributed by atoms with Crippen LogP contribution in [0.1, 0.15) is 276 Å². The number of aliphatic carboxylic acids is 1. The number of carboxylic acids is 1. The third kappa shape index (κ3) is 61.1. The molecule has 1 aliphatic rings. The SMILES string of the molecule is CCC(=O)O.CCCCCCC.CCCCCCCCOC(=O)CC(C)CC.CCCCCCCCOC(=O)CN(CC(=O)OCCCCCCCC)CC(=O)OCC1CCCN1C(=O)OC(C)(C)C.CCOC(=O)CC. The standard InChI is InChI=1S/C32H58N2O8.C14H28O2.C7H16.C5H10O2.C3H6O2/c1-6-8-10-12-14-16-21-39-28(35)23-33(24-29(36)40-22-17-15-13-11-9-7-2)25-30(37)41-26-27-19-18-20-34(27)31(38)42-32(3,4)5;1-4-6-7-8-9-10-11-16-14(15)12-13(3)5-2;1-3-5-7-6-4-2;1-3-5(6)7-4-2;1-2-3(4)5/h27H,6-26H2,1-5H3;13H,4-12H2,1-3H3;3-7H2,1-2H3;3-4H2,1-2H3;2H2,1H3,(H,4,5). The maximum Gasteiger partial charge on any atom is 0.410 e. The summed E-state index contributed by atoms with van der Waals surface area (Å²) in [5.41, 5.74) is -0.616. The first kappa shape index (κ1) is 79.5. The quantitative estimate of drug-likeness (QED) is 0.0346. The Morgan fingerprint density at radius 3 is 1.21 bits per heavy atom. The molecule has 1 rings (SSSR count). The minimum Gasteiger partial charge on any atom is -0.481 e. The van der Waals surface area contributed by atoms with Crippen molar-refractivity contribution in [2.45, 2.75) is 288 Å². The predicted molar refractivity (Wildman–Crippen MR) is 310 cm³/mol. The van der Waals surface area contributed by atoms with Gasteiger partial charge < -0.3 is 38.4 Å². The number of hydrogen-bond acceptors (Lipinski definition) is 14. The fraction of sp³-hybridized carbons (Fsp3) is 0.885. The van der Waals surface area contributed by atoms with E-state index in [9.17, 15) is 33.6 Å². The minimum absolute atomic E-state index is 0.0247. The largest absolute Gasteiger partial charge is 0.481 e. The first-order valence-electron chi connectivity index (χ1n) is 30.5. The van der Waals surface area contributed by atoms with Crippen LogP contribution < -0.4 is 0 Å². The van der Waals surface area contributed by atoms with E-state index < -0.39 is 35.6 Å². The Labute approximate surface area is 470 Å². The van der Waals surface area contributed by atoms with Crippen LogP contribution in [-0.4, -0.2) is 128 Å². The van der Waals surface area contributed by atoms with Crippen LogP contribution in [0.2, 0.25) is 0 Å². The molecule has 0 spiro atoms. The third-order valence-corrected chi connectivity index (χ3v) is 12.1. The molecule has 0 aromatic carbocycles. The number of nitrogens with zero attached hydrogens (tertiary/aromatic N) is 2. The van der Waals surface area contributed by atoms with Crippen LogP contribution in [0.25, 0.3) is 0 Å². The van der Waals surface area contributed by atoms with Crippen molar-refractivity contribution in [1.29, 1.82) is 0 Å². The number of likely N-dealkylation sites (tertiary alicyclic amines) is 1. The number of esters is 5. The summed E-state index contributed by atoms with van der Waals surface area (Å²) in [6.07, 6.45) is 30.7. The van der Waals surface area contributed by atoms with Gasteiger partial charge in [0.1, 0.15) is 12.2 Å². The van der Waals surface area contributed by atoms with Gasteiger partial charge in [0.05, 0.1) is 52.1 Å². The Kier molecular flexibility index (Phi) is 60.1. The van der Waals surface area contributed by atoms with E-state index in [1.54, 1.807) is 25.7 Å². The van der Waals surface area contributed by atoms with Gasteiger partial charge in [0, 0.05) is 25.8 Å². The van der Waals surface area contributed by atoms with E-state index >= 15 is 0 Å². The second-order valence-corrected chi connectivity index (χ2v) is 20.9. The van der Waals surface area contributed by atoms with Crippen molar-refractivity contribution in [3.05, 3.63) is 0 Å². The molecule has 1 aliphatic heterocycles. The first-order chi connectivity index (χ1) is 36.7. The summed E-state index contributed by atoms with van der Waals surface area (Å²) in [4.78, 5) is 84.2. The summed E-state index contributed by atoms with van der Waals surface area (Å²) < 4.78 is 31.4. The van der Waals surface area contributed by atoms with Crippen LogP contribution in [-0.2, 0) is 57.2 Å². The van der Waals surface area contributed by atoms with Gasteiger partial charge in [-0.15, -0.1) is 0 Å². The second-order valence-electron chi connectivity index (χ2n) is 20.9. The van der Waals surface area contributed by atoms with Crippen molar-refractivity contribution in [1.82, 2.24) is 9.80 Å². The summed E-state index contributed by atoms with van der Waals surface area (Å²) >= 11 is 0. The van der Waals surface area contributed by atoms with Crippen LogP contribution in [0.15, 0.2) is 0 Å². The highest BCUT2D eigenvalue weighted by Gasteiger charge is 2.33. The lowest BCUT2D eigenvalue weighted by Gasteiger charge is -2.28. The number of hydrogen-bond donors (Lipinski definition) is 1. The molecule has 77 heavy (non-hydrogen) atoms. The molecule has 0 saturated carbocycles. The smallest absolute Gasteiger partial charge is 0.410 e. The molecule has 456 valence electrons. The summed E-state index contributed by atoms with van der Waals surface area (Å²) in [6.45, 7) is 27.4. The zero-order valence-corrected chi connectivity index (χ0v) is 51.7. The lowest BCUT2D eigenvalue weighted by molar-refractivity contribution is -0.153. The van der Waals surface area contributed by atoms with Crippen LogP contribution in [0, 0.1) is 5.92 Å². The fourth-order valence-corrected chi connectivity index (χ4v) is 7.24. The van der Waals surface area contributed by atoms with Crippen molar-refractivity contribution >= 4 is 41.9 Å². The molecule has 0 bridgehead atoms. The average molecular weight is 1100 g/mol. The molecule has 1 heterocycles. The van der Waals surface area contributed by atoms with Crippen LogP contribution in [0.3, 0.4) is 0 Å². The number of amides is 1. The topological polar surface area (TPSA) is 202 Å². The molecule has 0 aromatic rings. The van der Waals surface area contributed by atoms with E-state index in [4.69, 9.17) is 28.8 Å². The predicted octanol–water partition coefficient (Wildman–Crippen LogP) is 14.8. The highest BCUT2D eigenvalue weighted by Crippen LogP contribution is 2.21.